The molecule has 0 bridgehead atoms. The number of carboxylic acid groups (broad SMARTS) is 1. The van der Waals surface area contributed by atoms with E-state index in [4.69, 9.17) is 5.11 Å². The van der Waals surface area contributed by atoms with Gasteiger partial charge in [-0.3, -0.25) is 19.3 Å². The minimum absolute atomic E-state index is 0.0121. The molecule has 0 aromatic heterocycles. The van der Waals surface area contributed by atoms with Crippen LogP contribution in [0.25, 0.3) is 0 Å². The summed E-state index contributed by atoms with van der Waals surface area (Å²) in [5.74, 6) is -1.45. The lowest BCUT2D eigenvalue weighted by Gasteiger charge is -2.24. The molecular formula is C14H19NO4. The van der Waals surface area contributed by atoms with Gasteiger partial charge in [-0.25, -0.2) is 0 Å². The lowest BCUT2D eigenvalue weighted by molar-refractivity contribution is -0.142. The van der Waals surface area contributed by atoms with Gasteiger partial charge in [0.05, 0.1) is 11.8 Å². The maximum Gasteiger partial charge on any atom is 0.303 e. The fraction of sp³-hybridized carbons (Fsp3) is 0.643. The molecule has 0 radical (unpaired) electrons. The number of fused-ring (bicyclic) bond motifs is 1. The van der Waals surface area contributed by atoms with Crippen molar-refractivity contribution in [1.82, 2.24) is 4.90 Å². The molecular weight excluding hydrogens is 246 g/mol. The van der Waals surface area contributed by atoms with E-state index in [-0.39, 0.29) is 42.5 Å². The summed E-state index contributed by atoms with van der Waals surface area (Å²) in [5.41, 5.74) is 0. The van der Waals surface area contributed by atoms with E-state index >= 15 is 0 Å². The Morgan fingerprint density at radius 2 is 2.16 bits per heavy atom. The van der Waals surface area contributed by atoms with E-state index in [1.807, 2.05) is 19.1 Å². The quantitative estimate of drug-likeness (QED) is 0.603. The molecule has 0 spiro atoms. The van der Waals surface area contributed by atoms with Gasteiger partial charge in [-0.15, -0.1) is 0 Å². The summed E-state index contributed by atoms with van der Waals surface area (Å²) in [5, 5.41) is 8.61. The number of carbonyl (C=O) groups excluding carboxylic acids is 2. The van der Waals surface area contributed by atoms with Gasteiger partial charge in [0.25, 0.3) is 0 Å². The smallest absolute Gasteiger partial charge is 0.303 e. The van der Waals surface area contributed by atoms with Crippen LogP contribution < -0.4 is 0 Å². The molecule has 1 aliphatic carbocycles. The first-order valence-electron chi connectivity index (χ1n) is 6.80. The van der Waals surface area contributed by atoms with Crippen molar-refractivity contribution in [3.8, 4) is 0 Å². The summed E-state index contributed by atoms with van der Waals surface area (Å²) in [4.78, 5) is 36.3. The highest BCUT2D eigenvalue weighted by Gasteiger charge is 2.50. The summed E-state index contributed by atoms with van der Waals surface area (Å²) < 4.78 is 0. The predicted octanol–water partition coefficient (Wildman–Crippen LogP) is 1.44. The number of aliphatic carboxylic acids is 1. The highest BCUT2D eigenvalue weighted by atomic mass is 16.4. The molecule has 0 aromatic carbocycles. The highest BCUT2D eigenvalue weighted by molar-refractivity contribution is 6.05. The second-order valence-corrected chi connectivity index (χ2v) is 5.19. The van der Waals surface area contributed by atoms with Crippen molar-refractivity contribution in [2.75, 3.05) is 6.54 Å². The number of carboxylic acids is 1. The van der Waals surface area contributed by atoms with Crippen molar-refractivity contribution < 1.29 is 19.5 Å². The van der Waals surface area contributed by atoms with Crippen LogP contribution in [0.3, 0.4) is 0 Å². The number of hydrogen-bond acceptors (Lipinski definition) is 3. The summed E-state index contributed by atoms with van der Waals surface area (Å²) in [6.45, 7) is 2.25. The Morgan fingerprint density at radius 1 is 1.42 bits per heavy atom. The van der Waals surface area contributed by atoms with Crippen molar-refractivity contribution in [1.29, 1.82) is 0 Å². The number of carbonyl (C=O) groups is 3. The number of nitrogens with zero attached hydrogens (tertiary/aromatic N) is 1. The molecule has 2 amide bonds. The molecule has 0 unspecified atom stereocenters. The van der Waals surface area contributed by atoms with Crippen LogP contribution in [0.5, 0.6) is 0 Å². The van der Waals surface area contributed by atoms with Crippen molar-refractivity contribution in [3.05, 3.63) is 12.2 Å². The summed E-state index contributed by atoms with van der Waals surface area (Å²) in [6.07, 6.45) is 5.81. The molecule has 1 heterocycles. The van der Waals surface area contributed by atoms with Gasteiger partial charge in [-0.2, -0.15) is 0 Å². The van der Waals surface area contributed by atoms with E-state index in [0.717, 1.165) is 6.42 Å². The average Bonchev–Trinajstić information content (AvgIpc) is 2.63. The fourth-order valence-corrected chi connectivity index (χ4v) is 3.06. The van der Waals surface area contributed by atoms with Crippen LogP contribution in [0.4, 0.5) is 0 Å². The first-order chi connectivity index (χ1) is 9.06. The van der Waals surface area contributed by atoms with Gasteiger partial charge in [-0.1, -0.05) is 19.1 Å². The average molecular weight is 265 g/mol. The lowest BCUT2D eigenvalue weighted by atomic mass is 9.76. The zero-order valence-corrected chi connectivity index (χ0v) is 11.0. The van der Waals surface area contributed by atoms with Crippen molar-refractivity contribution >= 4 is 17.8 Å². The van der Waals surface area contributed by atoms with Crippen LogP contribution in [0.2, 0.25) is 0 Å². The number of amides is 2. The van der Waals surface area contributed by atoms with Crippen LogP contribution in [-0.2, 0) is 14.4 Å². The Balaban J connectivity index is 2.06. The zero-order chi connectivity index (χ0) is 14.0. The Morgan fingerprint density at radius 3 is 2.79 bits per heavy atom. The van der Waals surface area contributed by atoms with Crippen LogP contribution in [0, 0.1) is 17.8 Å². The SMILES string of the molecule is CC[C@H]1C=CC[C@@H]2C(=O)N(CCCC(=O)O)C(=O)[C@H]12. The zero-order valence-electron chi connectivity index (χ0n) is 11.0. The van der Waals surface area contributed by atoms with Gasteiger partial charge in [0.2, 0.25) is 11.8 Å². The van der Waals surface area contributed by atoms with Crippen LogP contribution in [-0.4, -0.2) is 34.3 Å². The lowest BCUT2D eigenvalue weighted by Crippen LogP contribution is -2.33. The van der Waals surface area contributed by atoms with Crippen LogP contribution in [0.1, 0.15) is 32.6 Å². The number of rotatable bonds is 5. The Kier molecular flexibility index (Phi) is 4.02. The molecule has 5 heteroatoms. The minimum atomic E-state index is -0.899. The molecule has 2 rings (SSSR count). The van der Waals surface area contributed by atoms with Crippen LogP contribution in [0.15, 0.2) is 12.2 Å². The molecule has 0 aromatic rings. The largest absolute Gasteiger partial charge is 0.481 e. The van der Waals surface area contributed by atoms with Crippen LogP contribution >= 0.6 is 0 Å². The normalized spacial score (nSPS) is 29.7. The number of imide groups is 1. The Labute approximate surface area is 112 Å². The first kappa shape index (κ1) is 13.8. The van der Waals surface area contributed by atoms with Crippen molar-refractivity contribution in [2.24, 2.45) is 17.8 Å². The fourth-order valence-electron chi connectivity index (χ4n) is 3.06. The maximum atomic E-state index is 12.3. The van der Waals surface area contributed by atoms with Gasteiger partial charge in [0.15, 0.2) is 0 Å². The first-order valence-corrected chi connectivity index (χ1v) is 6.80. The predicted molar refractivity (Wildman–Crippen MR) is 68.1 cm³/mol. The Hall–Kier alpha value is -1.65. The molecule has 3 atom stereocenters. The van der Waals surface area contributed by atoms with Gasteiger partial charge in [-0.05, 0) is 25.2 Å². The van der Waals surface area contributed by atoms with E-state index in [2.05, 4.69) is 0 Å². The van der Waals surface area contributed by atoms with Gasteiger partial charge in [0.1, 0.15) is 0 Å². The third-order valence-corrected chi connectivity index (χ3v) is 4.05. The molecule has 1 fully saturated rings. The molecule has 5 nitrogen and oxygen atoms in total. The van der Waals surface area contributed by atoms with E-state index < -0.39 is 5.97 Å². The van der Waals surface area contributed by atoms with Gasteiger partial charge in [0, 0.05) is 13.0 Å². The highest BCUT2D eigenvalue weighted by Crippen LogP contribution is 2.39. The standard InChI is InChI=1S/C14H19NO4/c1-2-9-5-3-6-10-12(9)14(19)15(13(10)18)8-4-7-11(16)17/h3,5,9-10,12H,2,4,6-8H2,1H3,(H,16,17)/t9-,10-,12+/m0/s1. The maximum absolute atomic E-state index is 12.3. The monoisotopic (exact) mass is 265 g/mol. The Bertz CT molecular complexity index is 429. The van der Waals surface area contributed by atoms with E-state index in [0.29, 0.717) is 12.8 Å². The molecule has 19 heavy (non-hydrogen) atoms. The van der Waals surface area contributed by atoms with Crippen molar-refractivity contribution in [3.63, 3.8) is 0 Å². The molecule has 1 N–H and O–H groups in total. The molecule has 2 aliphatic rings. The molecule has 1 saturated heterocycles. The third-order valence-electron chi connectivity index (χ3n) is 4.05. The molecule has 1 aliphatic heterocycles. The summed E-state index contributed by atoms with van der Waals surface area (Å²) in [7, 11) is 0. The van der Waals surface area contributed by atoms with E-state index in [9.17, 15) is 14.4 Å². The van der Waals surface area contributed by atoms with E-state index in [1.165, 1.54) is 4.90 Å². The minimum Gasteiger partial charge on any atom is -0.481 e. The third kappa shape index (κ3) is 2.55. The number of allylic oxidation sites excluding steroid dienone is 2. The second kappa shape index (κ2) is 5.55. The van der Waals surface area contributed by atoms with E-state index in [1.54, 1.807) is 0 Å². The van der Waals surface area contributed by atoms with Gasteiger partial charge < -0.3 is 5.11 Å². The van der Waals surface area contributed by atoms with Crippen molar-refractivity contribution in [2.45, 2.75) is 32.6 Å². The number of likely N-dealkylation sites (tertiary alicyclic amines) is 1. The van der Waals surface area contributed by atoms with Gasteiger partial charge >= 0.3 is 5.97 Å². The number of hydrogen-bond donors (Lipinski definition) is 1. The summed E-state index contributed by atoms with van der Waals surface area (Å²) in [6, 6.07) is 0. The topological polar surface area (TPSA) is 74.7 Å². The summed E-state index contributed by atoms with van der Waals surface area (Å²) >= 11 is 0. The molecule has 0 saturated carbocycles. The second-order valence-electron chi connectivity index (χ2n) is 5.19. The molecule has 104 valence electrons.